The van der Waals surface area contributed by atoms with Crippen molar-refractivity contribution in [1.82, 2.24) is 4.90 Å². The van der Waals surface area contributed by atoms with Gasteiger partial charge in [0.1, 0.15) is 4.33 Å². The van der Waals surface area contributed by atoms with Gasteiger partial charge in [0.2, 0.25) is 5.91 Å². The topological polar surface area (TPSA) is 58.6 Å². The smallest absolute Gasteiger partial charge is 0.231 e. The Hall–Kier alpha value is -1.34. The van der Waals surface area contributed by atoms with Crippen molar-refractivity contribution in [2.45, 2.75) is 17.2 Å². The third-order valence-electron chi connectivity index (χ3n) is 5.76. The maximum atomic E-state index is 13.0. The second-order valence-corrected chi connectivity index (χ2v) is 10.5. The Labute approximate surface area is 206 Å². The molecule has 2 aromatic carbocycles. The lowest BCUT2D eigenvalue weighted by atomic mass is 10.1. The van der Waals surface area contributed by atoms with Gasteiger partial charge in [-0.3, -0.25) is 14.5 Å². The molecule has 1 amide bonds. The number of nitrogens with zero attached hydrogens (tertiary/aromatic N) is 1. The van der Waals surface area contributed by atoms with Gasteiger partial charge in [-0.1, -0.05) is 29.3 Å². The van der Waals surface area contributed by atoms with Crippen LogP contribution >= 0.6 is 46.4 Å². The van der Waals surface area contributed by atoms with Gasteiger partial charge < -0.3 is 10.1 Å². The van der Waals surface area contributed by atoms with E-state index in [2.05, 4.69) is 5.32 Å². The number of Topliss-reactive ketones (excluding diaryl/α,β-unsaturated/α-hetero) is 1. The summed E-state index contributed by atoms with van der Waals surface area (Å²) in [6.07, 6.45) is 0. The van der Waals surface area contributed by atoms with Gasteiger partial charge in [0, 0.05) is 35.3 Å². The van der Waals surface area contributed by atoms with E-state index in [0.717, 1.165) is 11.1 Å². The highest BCUT2D eigenvalue weighted by molar-refractivity contribution is 6.53. The normalized spacial score (nSPS) is 22.4. The van der Waals surface area contributed by atoms with E-state index in [4.69, 9.17) is 51.1 Å². The predicted molar refractivity (Wildman–Crippen MR) is 129 cm³/mol. The van der Waals surface area contributed by atoms with E-state index >= 15 is 0 Å². The van der Waals surface area contributed by atoms with Gasteiger partial charge in [0.25, 0.3) is 0 Å². The summed E-state index contributed by atoms with van der Waals surface area (Å²) in [7, 11) is 0. The van der Waals surface area contributed by atoms with Crippen LogP contribution in [0.25, 0.3) is 0 Å². The number of ketones is 1. The molecule has 5 nitrogen and oxygen atoms in total. The molecule has 2 fully saturated rings. The van der Waals surface area contributed by atoms with Crippen LogP contribution in [0.1, 0.15) is 27.4 Å². The molecule has 2 aliphatic rings. The van der Waals surface area contributed by atoms with Gasteiger partial charge in [0.15, 0.2) is 5.78 Å². The maximum absolute atomic E-state index is 13.0. The highest BCUT2D eigenvalue weighted by Gasteiger charge is 2.67. The summed E-state index contributed by atoms with van der Waals surface area (Å²) in [4.78, 5) is 27.8. The summed E-state index contributed by atoms with van der Waals surface area (Å²) in [6, 6.07) is 10.4. The second kappa shape index (κ2) is 9.49. The van der Waals surface area contributed by atoms with Crippen molar-refractivity contribution in [3.05, 3.63) is 63.1 Å². The minimum absolute atomic E-state index is 0.115. The average Bonchev–Trinajstić information content (AvgIpc) is 3.31. The summed E-state index contributed by atoms with van der Waals surface area (Å²) in [5, 5.41) is 3.73. The molecule has 1 aliphatic heterocycles. The van der Waals surface area contributed by atoms with E-state index in [1.165, 1.54) is 0 Å². The van der Waals surface area contributed by atoms with E-state index in [0.29, 0.717) is 47.6 Å². The van der Waals surface area contributed by atoms with Gasteiger partial charge in [-0.15, -0.1) is 23.2 Å². The van der Waals surface area contributed by atoms with E-state index < -0.39 is 10.3 Å². The Morgan fingerprint density at radius 2 is 1.84 bits per heavy atom. The number of carbonyl (C=O) groups is 2. The Morgan fingerprint density at radius 1 is 1.12 bits per heavy atom. The zero-order valence-corrected chi connectivity index (χ0v) is 20.4. The SMILES string of the molecule is Cc1cc(Cl)cc(C2C(C(=O)Nc3ccc(Cl)c(C(=O)CN4CCOCC4)c3)C2(Cl)Cl)c1. The monoisotopic (exact) mass is 514 g/mol. The highest BCUT2D eigenvalue weighted by atomic mass is 35.5. The number of hydrogen-bond acceptors (Lipinski definition) is 4. The number of halogens is 4. The Kier molecular flexibility index (Phi) is 7.06. The fourth-order valence-electron chi connectivity index (χ4n) is 4.10. The van der Waals surface area contributed by atoms with Crippen LogP contribution in [-0.2, 0) is 9.53 Å². The Balaban J connectivity index is 1.47. The Morgan fingerprint density at radius 3 is 2.53 bits per heavy atom. The molecule has 0 aromatic heterocycles. The standard InChI is InChI=1S/C23H22Cl4N2O3/c1-13-8-14(10-15(24)9-13)20-21(23(20,26)27)22(31)28-16-2-3-18(25)17(11-16)19(30)12-29-4-6-32-7-5-29/h2-3,8-11,20-21H,4-7,12H2,1H3,(H,28,31). The van der Waals surface area contributed by atoms with Crippen LogP contribution in [0.4, 0.5) is 5.69 Å². The van der Waals surface area contributed by atoms with Crippen molar-refractivity contribution < 1.29 is 14.3 Å². The first-order valence-electron chi connectivity index (χ1n) is 10.3. The molecule has 170 valence electrons. The van der Waals surface area contributed by atoms with Gasteiger partial charge >= 0.3 is 0 Å². The molecule has 2 unspecified atom stereocenters. The number of benzene rings is 2. The third-order valence-corrected chi connectivity index (χ3v) is 7.25. The lowest BCUT2D eigenvalue weighted by molar-refractivity contribution is -0.117. The molecule has 1 aliphatic carbocycles. The predicted octanol–water partition coefficient (Wildman–Crippen LogP) is 5.34. The molecule has 4 rings (SSSR count). The number of morpholine rings is 1. The minimum Gasteiger partial charge on any atom is -0.379 e. The van der Waals surface area contributed by atoms with Gasteiger partial charge in [-0.25, -0.2) is 0 Å². The number of amides is 1. The molecule has 0 radical (unpaired) electrons. The first kappa shape index (κ1) is 23.8. The molecule has 1 heterocycles. The maximum Gasteiger partial charge on any atom is 0.231 e. The molecule has 32 heavy (non-hydrogen) atoms. The van der Waals surface area contributed by atoms with Gasteiger partial charge in [-0.2, -0.15) is 0 Å². The van der Waals surface area contributed by atoms with Crippen molar-refractivity contribution in [3.63, 3.8) is 0 Å². The molecule has 1 saturated carbocycles. The summed E-state index contributed by atoms with van der Waals surface area (Å²) in [5.74, 6) is -1.47. The van der Waals surface area contributed by atoms with Crippen LogP contribution < -0.4 is 5.32 Å². The van der Waals surface area contributed by atoms with Crippen LogP contribution in [0.3, 0.4) is 0 Å². The molecule has 0 bridgehead atoms. The van der Waals surface area contributed by atoms with Crippen molar-refractivity contribution >= 4 is 63.8 Å². The molecule has 0 spiro atoms. The Bertz CT molecular complexity index is 1030. The lowest BCUT2D eigenvalue weighted by Gasteiger charge is -2.25. The summed E-state index contributed by atoms with van der Waals surface area (Å²) < 4.78 is 4.08. The van der Waals surface area contributed by atoms with Crippen molar-refractivity contribution in [2.75, 3.05) is 38.2 Å². The molecule has 2 atom stereocenters. The largest absolute Gasteiger partial charge is 0.379 e. The van der Waals surface area contributed by atoms with E-state index in [1.54, 1.807) is 24.3 Å². The number of anilines is 1. The van der Waals surface area contributed by atoms with Crippen LogP contribution in [0.15, 0.2) is 36.4 Å². The first-order valence-corrected chi connectivity index (χ1v) is 11.8. The highest BCUT2D eigenvalue weighted by Crippen LogP contribution is 2.65. The molecule has 1 N–H and O–H groups in total. The minimum atomic E-state index is -1.23. The van der Waals surface area contributed by atoms with Gasteiger partial charge in [-0.05, 0) is 48.4 Å². The van der Waals surface area contributed by atoms with E-state index in [-0.39, 0.29) is 24.2 Å². The number of alkyl halides is 2. The summed E-state index contributed by atoms with van der Waals surface area (Å²) in [6.45, 7) is 4.75. The molecular weight excluding hydrogens is 494 g/mol. The lowest BCUT2D eigenvalue weighted by Crippen LogP contribution is -2.39. The number of carbonyl (C=O) groups excluding carboxylic acids is 2. The number of rotatable bonds is 6. The van der Waals surface area contributed by atoms with Crippen LogP contribution in [0.5, 0.6) is 0 Å². The number of hydrogen-bond donors (Lipinski definition) is 1. The van der Waals surface area contributed by atoms with Crippen LogP contribution in [-0.4, -0.2) is 53.8 Å². The summed E-state index contributed by atoms with van der Waals surface area (Å²) in [5.41, 5.74) is 2.60. The van der Waals surface area contributed by atoms with Crippen molar-refractivity contribution in [1.29, 1.82) is 0 Å². The average molecular weight is 516 g/mol. The fraction of sp³-hybridized carbons (Fsp3) is 0.391. The van der Waals surface area contributed by atoms with Crippen molar-refractivity contribution in [2.24, 2.45) is 5.92 Å². The molecule has 9 heteroatoms. The zero-order valence-electron chi connectivity index (χ0n) is 17.3. The number of aryl methyl sites for hydroxylation is 1. The quantitative estimate of drug-likeness (QED) is 0.416. The number of ether oxygens (including phenoxy) is 1. The summed E-state index contributed by atoms with van der Waals surface area (Å²) >= 11 is 25.3. The van der Waals surface area contributed by atoms with E-state index in [9.17, 15) is 9.59 Å². The van der Waals surface area contributed by atoms with E-state index in [1.807, 2.05) is 24.0 Å². The number of nitrogens with one attached hydrogen (secondary N) is 1. The fourth-order valence-corrected chi connectivity index (χ4v) is 5.45. The molecular formula is C23H22Cl4N2O3. The van der Waals surface area contributed by atoms with Crippen molar-refractivity contribution in [3.8, 4) is 0 Å². The van der Waals surface area contributed by atoms with Gasteiger partial charge in [0.05, 0.1) is 30.7 Å². The molecule has 1 saturated heterocycles. The first-order chi connectivity index (χ1) is 15.2. The van der Waals surface area contributed by atoms with Crippen LogP contribution in [0.2, 0.25) is 10.0 Å². The second-order valence-electron chi connectivity index (χ2n) is 8.19. The zero-order chi connectivity index (χ0) is 23.0. The third kappa shape index (κ3) is 5.09. The van der Waals surface area contributed by atoms with Crippen LogP contribution in [0, 0.1) is 12.8 Å². The molecule has 2 aromatic rings.